The van der Waals surface area contributed by atoms with Gasteiger partial charge in [0.05, 0.1) is 12.2 Å². The van der Waals surface area contributed by atoms with Crippen molar-refractivity contribution < 1.29 is 0 Å². The zero-order valence-corrected chi connectivity index (χ0v) is 9.70. The van der Waals surface area contributed by atoms with Crippen LogP contribution in [0.4, 0.5) is 10.8 Å². The number of nitrogens with zero attached hydrogens (tertiary/aromatic N) is 2. The van der Waals surface area contributed by atoms with Gasteiger partial charge < -0.3 is 10.6 Å². The summed E-state index contributed by atoms with van der Waals surface area (Å²) in [5.74, 6) is 0. The molecule has 0 saturated carbocycles. The molecule has 0 saturated heterocycles. The Morgan fingerprint density at radius 1 is 1.38 bits per heavy atom. The van der Waals surface area contributed by atoms with Crippen molar-refractivity contribution in [3.63, 3.8) is 0 Å². The van der Waals surface area contributed by atoms with Gasteiger partial charge in [-0.1, -0.05) is 18.2 Å². The van der Waals surface area contributed by atoms with Gasteiger partial charge in [0.25, 0.3) is 0 Å². The Bertz CT molecular complexity index is 506. The van der Waals surface area contributed by atoms with E-state index in [2.05, 4.69) is 34.1 Å². The largest absolute Gasteiger partial charge is 0.375 e. The lowest BCUT2D eigenvalue weighted by Gasteiger charge is -2.17. The molecule has 0 aliphatic carbocycles. The molecule has 1 aromatic heterocycles. The first-order chi connectivity index (χ1) is 7.83. The van der Waals surface area contributed by atoms with Crippen LogP contribution >= 0.6 is 11.3 Å². The average Bonchev–Trinajstić information content (AvgIpc) is 2.87. The van der Waals surface area contributed by atoms with Gasteiger partial charge in [-0.2, -0.15) is 0 Å². The van der Waals surface area contributed by atoms with Crippen LogP contribution in [-0.2, 0) is 13.0 Å². The lowest BCUT2D eigenvalue weighted by Crippen LogP contribution is -2.19. The van der Waals surface area contributed by atoms with Crippen LogP contribution in [0.2, 0.25) is 0 Å². The molecule has 3 nitrogen and oxygen atoms in total. The smallest absolute Gasteiger partial charge is 0.180 e. The number of nitrogens with two attached hydrogens (primary N) is 1. The van der Waals surface area contributed by atoms with Crippen molar-refractivity contribution in [2.75, 3.05) is 17.2 Å². The number of anilines is 2. The molecule has 3 rings (SSSR count). The van der Waals surface area contributed by atoms with Crippen LogP contribution in [-0.4, -0.2) is 11.5 Å². The molecule has 1 aliphatic rings. The highest BCUT2D eigenvalue weighted by atomic mass is 32.1. The predicted octanol–water partition coefficient (Wildman–Crippen LogP) is 2.29. The van der Waals surface area contributed by atoms with Crippen molar-refractivity contribution in [2.45, 2.75) is 13.0 Å². The Kier molecular flexibility index (Phi) is 2.29. The van der Waals surface area contributed by atoms with Crippen molar-refractivity contribution in [3.8, 4) is 0 Å². The molecule has 2 aromatic rings. The molecular weight excluding hydrogens is 218 g/mol. The number of nitrogen functional groups attached to an aromatic ring is 1. The fraction of sp³-hybridized carbons (Fsp3) is 0.250. The molecule has 2 N–H and O–H groups in total. The number of rotatable bonds is 2. The highest BCUT2D eigenvalue weighted by Gasteiger charge is 2.18. The molecule has 0 radical (unpaired) electrons. The maximum atomic E-state index is 5.64. The van der Waals surface area contributed by atoms with Gasteiger partial charge in [0, 0.05) is 17.6 Å². The molecule has 0 bridgehead atoms. The summed E-state index contributed by atoms with van der Waals surface area (Å²) in [6, 6.07) is 8.57. The molecule has 0 unspecified atom stereocenters. The SMILES string of the molecule is Nc1nc(CN2CCc3ccccc32)cs1. The molecule has 0 atom stereocenters. The van der Waals surface area contributed by atoms with Crippen molar-refractivity contribution >= 4 is 22.2 Å². The average molecular weight is 231 g/mol. The molecule has 0 fully saturated rings. The fourth-order valence-electron chi connectivity index (χ4n) is 2.16. The summed E-state index contributed by atoms with van der Waals surface area (Å²) < 4.78 is 0. The lowest BCUT2D eigenvalue weighted by molar-refractivity contribution is 0.821. The number of fused-ring (bicyclic) bond motifs is 1. The van der Waals surface area contributed by atoms with Crippen molar-refractivity contribution in [1.82, 2.24) is 4.98 Å². The summed E-state index contributed by atoms with van der Waals surface area (Å²) in [5.41, 5.74) is 9.48. The molecule has 0 amide bonds. The van der Waals surface area contributed by atoms with Gasteiger partial charge in [0.2, 0.25) is 0 Å². The standard InChI is InChI=1S/C12H13N3S/c13-12-14-10(8-16-12)7-15-6-5-9-3-1-2-4-11(9)15/h1-4,8H,5-7H2,(H2,13,14). The van der Waals surface area contributed by atoms with Gasteiger partial charge in [0.15, 0.2) is 5.13 Å². The Morgan fingerprint density at radius 3 is 3.06 bits per heavy atom. The number of hydrogen-bond acceptors (Lipinski definition) is 4. The number of thiazole rings is 1. The Balaban J connectivity index is 1.83. The quantitative estimate of drug-likeness (QED) is 0.862. The highest BCUT2D eigenvalue weighted by molar-refractivity contribution is 7.13. The topological polar surface area (TPSA) is 42.1 Å². The first-order valence-electron chi connectivity index (χ1n) is 5.35. The Morgan fingerprint density at radius 2 is 2.25 bits per heavy atom. The van der Waals surface area contributed by atoms with Crippen LogP contribution in [0.15, 0.2) is 29.6 Å². The van der Waals surface area contributed by atoms with E-state index >= 15 is 0 Å². The van der Waals surface area contributed by atoms with Gasteiger partial charge in [0.1, 0.15) is 0 Å². The Hall–Kier alpha value is -1.55. The zero-order valence-electron chi connectivity index (χ0n) is 8.89. The minimum Gasteiger partial charge on any atom is -0.375 e. The number of aromatic nitrogens is 1. The number of para-hydroxylation sites is 1. The molecule has 2 heterocycles. The number of benzene rings is 1. The van der Waals surface area contributed by atoms with Crippen LogP contribution in [0.1, 0.15) is 11.3 Å². The van der Waals surface area contributed by atoms with Crippen molar-refractivity contribution in [1.29, 1.82) is 0 Å². The molecular formula is C12H13N3S. The van der Waals surface area contributed by atoms with E-state index in [4.69, 9.17) is 5.73 Å². The second-order valence-corrected chi connectivity index (χ2v) is 4.87. The van der Waals surface area contributed by atoms with E-state index < -0.39 is 0 Å². The summed E-state index contributed by atoms with van der Waals surface area (Å²) in [7, 11) is 0. The highest BCUT2D eigenvalue weighted by Crippen LogP contribution is 2.29. The minimum atomic E-state index is 0.655. The minimum absolute atomic E-state index is 0.655. The van der Waals surface area contributed by atoms with Crippen molar-refractivity contribution in [3.05, 3.63) is 40.9 Å². The Labute approximate surface area is 98.5 Å². The van der Waals surface area contributed by atoms with Gasteiger partial charge in [-0.25, -0.2) is 4.98 Å². The van der Waals surface area contributed by atoms with Gasteiger partial charge in [-0.3, -0.25) is 0 Å². The van der Waals surface area contributed by atoms with Crippen LogP contribution in [0.5, 0.6) is 0 Å². The normalized spacial score (nSPS) is 14.1. The summed E-state index contributed by atoms with van der Waals surface area (Å²) in [6.07, 6.45) is 1.13. The third kappa shape index (κ3) is 1.65. The monoisotopic (exact) mass is 231 g/mol. The van der Waals surface area contributed by atoms with Crippen LogP contribution in [0.25, 0.3) is 0 Å². The molecule has 82 valence electrons. The van der Waals surface area contributed by atoms with E-state index in [1.165, 1.54) is 22.6 Å². The third-order valence-electron chi connectivity index (χ3n) is 2.91. The van der Waals surface area contributed by atoms with E-state index in [-0.39, 0.29) is 0 Å². The first-order valence-corrected chi connectivity index (χ1v) is 6.23. The zero-order chi connectivity index (χ0) is 11.0. The summed E-state index contributed by atoms with van der Waals surface area (Å²) in [6.45, 7) is 1.95. The lowest BCUT2D eigenvalue weighted by atomic mass is 10.2. The second-order valence-electron chi connectivity index (χ2n) is 3.98. The van der Waals surface area contributed by atoms with E-state index in [0.717, 1.165) is 25.2 Å². The fourth-order valence-corrected chi connectivity index (χ4v) is 2.72. The third-order valence-corrected chi connectivity index (χ3v) is 3.63. The van der Waals surface area contributed by atoms with E-state index in [1.807, 2.05) is 5.38 Å². The van der Waals surface area contributed by atoms with Gasteiger partial charge in [-0.15, -0.1) is 11.3 Å². The van der Waals surface area contributed by atoms with Crippen LogP contribution in [0, 0.1) is 0 Å². The summed E-state index contributed by atoms with van der Waals surface area (Å²) in [5, 5.41) is 2.69. The molecule has 1 aromatic carbocycles. The van der Waals surface area contributed by atoms with E-state index in [1.54, 1.807) is 0 Å². The second kappa shape index (κ2) is 3.79. The summed E-state index contributed by atoms with van der Waals surface area (Å²) in [4.78, 5) is 6.67. The van der Waals surface area contributed by atoms with E-state index in [9.17, 15) is 0 Å². The number of hydrogen-bond donors (Lipinski definition) is 1. The maximum Gasteiger partial charge on any atom is 0.180 e. The van der Waals surface area contributed by atoms with E-state index in [0.29, 0.717) is 5.13 Å². The molecule has 1 aliphatic heterocycles. The van der Waals surface area contributed by atoms with Crippen LogP contribution < -0.4 is 10.6 Å². The van der Waals surface area contributed by atoms with Crippen LogP contribution in [0.3, 0.4) is 0 Å². The predicted molar refractivity (Wildman–Crippen MR) is 67.7 cm³/mol. The molecule has 4 heteroatoms. The molecule has 0 spiro atoms. The summed E-state index contributed by atoms with van der Waals surface area (Å²) >= 11 is 1.51. The molecule has 16 heavy (non-hydrogen) atoms. The first kappa shape index (κ1) is 9.66. The van der Waals surface area contributed by atoms with Gasteiger partial charge >= 0.3 is 0 Å². The maximum absolute atomic E-state index is 5.64. The van der Waals surface area contributed by atoms with Gasteiger partial charge in [-0.05, 0) is 18.1 Å². The van der Waals surface area contributed by atoms with Crippen molar-refractivity contribution in [2.24, 2.45) is 0 Å².